The maximum absolute atomic E-state index is 12.8. The average molecular weight is 381 g/mol. The molecule has 9 nitrogen and oxygen atoms in total. The number of imidazole rings is 1. The van der Waals surface area contributed by atoms with Crippen LogP contribution in [0.4, 0.5) is 5.82 Å². The summed E-state index contributed by atoms with van der Waals surface area (Å²) < 4.78 is 3.33. The molecule has 0 aliphatic carbocycles. The third-order valence-electron chi connectivity index (χ3n) is 4.40. The van der Waals surface area contributed by atoms with E-state index in [0.717, 1.165) is 5.56 Å². The molecule has 0 saturated carbocycles. The normalized spacial score (nSPS) is 11.8. The maximum atomic E-state index is 12.8. The van der Waals surface area contributed by atoms with Gasteiger partial charge in [0, 0.05) is 14.1 Å². The summed E-state index contributed by atoms with van der Waals surface area (Å²) in [5.74, 6) is -0.0399. The van der Waals surface area contributed by atoms with E-state index in [1.807, 2.05) is 37.3 Å². The van der Waals surface area contributed by atoms with Gasteiger partial charge in [0.1, 0.15) is 18.2 Å². The summed E-state index contributed by atoms with van der Waals surface area (Å²) in [5.41, 5.74) is 1.05. The van der Waals surface area contributed by atoms with Gasteiger partial charge in [-0.25, -0.2) is 14.6 Å². The zero-order valence-corrected chi connectivity index (χ0v) is 16.1. The molecule has 1 aromatic carbocycles. The van der Waals surface area contributed by atoms with Crippen molar-refractivity contribution < 1.29 is 9.59 Å². The number of carbonyl (C=O) groups is 2. The Labute approximate surface area is 163 Å². The molecule has 0 saturated heterocycles. The van der Waals surface area contributed by atoms with Crippen molar-refractivity contribution in [3.63, 3.8) is 0 Å². The third kappa shape index (κ3) is 4.25. The van der Waals surface area contributed by atoms with Crippen LogP contribution in [-0.2, 0) is 18.4 Å². The van der Waals surface area contributed by atoms with Crippen LogP contribution in [0.2, 0.25) is 0 Å². The van der Waals surface area contributed by atoms with E-state index in [2.05, 4.69) is 20.4 Å². The predicted octanol–water partition coefficient (Wildman–Crippen LogP) is 1.23. The van der Waals surface area contributed by atoms with E-state index in [0.29, 0.717) is 18.8 Å². The van der Waals surface area contributed by atoms with Gasteiger partial charge in [-0.05, 0) is 12.0 Å². The van der Waals surface area contributed by atoms with Crippen molar-refractivity contribution in [2.75, 3.05) is 11.9 Å². The van der Waals surface area contributed by atoms with Crippen LogP contribution < -0.4 is 10.2 Å². The van der Waals surface area contributed by atoms with Crippen LogP contribution in [0.5, 0.6) is 0 Å². The van der Waals surface area contributed by atoms with E-state index in [1.54, 1.807) is 35.9 Å². The highest BCUT2D eigenvalue weighted by atomic mass is 16.2. The van der Waals surface area contributed by atoms with Crippen molar-refractivity contribution >= 4 is 17.6 Å². The number of amides is 2. The first-order valence-electron chi connectivity index (χ1n) is 8.97. The minimum atomic E-state index is -0.687. The SMILES string of the molecule is CCC(NC(=O)c1ncn(Cc2ccccc2)n1)C(=O)N(C)c1cncn1C. The Morgan fingerprint density at radius 3 is 2.61 bits per heavy atom. The lowest BCUT2D eigenvalue weighted by atomic mass is 10.2. The first kappa shape index (κ1) is 19.3. The summed E-state index contributed by atoms with van der Waals surface area (Å²) in [5, 5.41) is 6.94. The van der Waals surface area contributed by atoms with Crippen LogP contribution in [0.15, 0.2) is 49.2 Å². The van der Waals surface area contributed by atoms with Crippen LogP contribution in [0.25, 0.3) is 0 Å². The van der Waals surface area contributed by atoms with Gasteiger partial charge >= 0.3 is 0 Å². The summed E-state index contributed by atoms with van der Waals surface area (Å²) in [4.78, 5) is 34.8. The quantitative estimate of drug-likeness (QED) is 0.664. The van der Waals surface area contributed by atoms with Gasteiger partial charge in [0.2, 0.25) is 11.7 Å². The van der Waals surface area contributed by atoms with Gasteiger partial charge in [-0.15, -0.1) is 5.10 Å². The molecular formula is C19H23N7O2. The van der Waals surface area contributed by atoms with E-state index >= 15 is 0 Å². The summed E-state index contributed by atoms with van der Waals surface area (Å²) in [6.45, 7) is 2.35. The van der Waals surface area contributed by atoms with E-state index < -0.39 is 11.9 Å². The van der Waals surface area contributed by atoms with Crippen LogP contribution >= 0.6 is 0 Å². The maximum Gasteiger partial charge on any atom is 0.291 e. The lowest BCUT2D eigenvalue weighted by Gasteiger charge is -2.23. The Bertz CT molecular complexity index is 948. The predicted molar refractivity (Wildman–Crippen MR) is 104 cm³/mol. The molecule has 0 radical (unpaired) electrons. The molecule has 2 aromatic heterocycles. The molecule has 146 valence electrons. The topological polar surface area (TPSA) is 97.9 Å². The van der Waals surface area contributed by atoms with Gasteiger partial charge in [0.25, 0.3) is 5.91 Å². The van der Waals surface area contributed by atoms with E-state index in [9.17, 15) is 9.59 Å². The number of nitrogens with one attached hydrogen (secondary N) is 1. The third-order valence-corrected chi connectivity index (χ3v) is 4.40. The van der Waals surface area contributed by atoms with Gasteiger partial charge < -0.3 is 9.88 Å². The molecule has 2 heterocycles. The van der Waals surface area contributed by atoms with Crippen molar-refractivity contribution in [3.8, 4) is 0 Å². The molecule has 0 bridgehead atoms. The molecule has 0 spiro atoms. The molecule has 1 unspecified atom stereocenters. The molecule has 0 fully saturated rings. The lowest BCUT2D eigenvalue weighted by Crippen LogP contribution is -2.47. The highest BCUT2D eigenvalue weighted by Crippen LogP contribution is 2.12. The van der Waals surface area contributed by atoms with Crippen molar-refractivity contribution in [2.45, 2.75) is 25.9 Å². The Morgan fingerprint density at radius 1 is 1.21 bits per heavy atom. The number of aryl methyl sites for hydroxylation is 1. The standard InChI is InChI=1S/C19H23N7O2/c1-4-15(19(28)25(3)16-10-20-12-24(16)2)22-18(27)17-21-13-26(23-17)11-14-8-6-5-7-9-14/h5-10,12-13,15H,4,11H2,1-3H3,(H,22,27). The molecular weight excluding hydrogens is 358 g/mol. The van der Waals surface area contributed by atoms with Crippen LogP contribution in [0.1, 0.15) is 29.5 Å². The number of hydrogen-bond donors (Lipinski definition) is 1. The zero-order valence-electron chi connectivity index (χ0n) is 16.1. The molecule has 1 atom stereocenters. The largest absolute Gasteiger partial charge is 0.337 e. The van der Waals surface area contributed by atoms with Crippen molar-refractivity contribution in [1.29, 1.82) is 0 Å². The van der Waals surface area contributed by atoms with Crippen molar-refractivity contribution in [1.82, 2.24) is 29.6 Å². The number of rotatable bonds is 7. The summed E-state index contributed by atoms with van der Waals surface area (Å²) in [7, 11) is 3.45. The fraction of sp³-hybridized carbons (Fsp3) is 0.316. The van der Waals surface area contributed by atoms with E-state index in [1.165, 1.54) is 11.2 Å². The monoisotopic (exact) mass is 381 g/mol. The summed E-state index contributed by atoms with van der Waals surface area (Å²) in [6, 6.07) is 9.08. The summed E-state index contributed by atoms with van der Waals surface area (Å²) >= 11 is 0. The number of likely N-dealkylation sites (N-methyl/N-ethyl adjacent to an activating group) is 1. The van der Waals surface area contributed by atoms with Gasteiger partial charge in [-0.3, -0.25) is 14.5 Å². The molecule has 28 heavy (non-hydrogen) atoms. The molecule has 2 amide bonds. The number of aromatic nitrogens is 5. The molecule has 0 aliphatic heterocycles. The van der Waals surface area contributed by atoms with Crippen LogP contribution in [0, 0.1) is 0 Å². The molecule has 3 aromatic rings. The van der Waals surface area contributed by atoms with Crippen molar-refractivity contribution in [2.24, 2.45) is 7.05 Å². The minimum Gasteiger partial charge on any atom is -0.337 e. The second-order valence-corrected chi connectivity index (χ2v) is 6.45. The number of benzene rings is 1. The zero-order chi connectivity index (χ0) is 20.1. The number of anilines is 1. The lowest BCUT2D eigenvalue weighted by molar-refractivity contribution is -0.120. The Balaban J connectivity index is 1.65. The number of nitrogens with zero attached hydrogens (tertiary/aromatic N) is 6. The second kappa shape index (κ2) is 8.47. The highest BCUT2D eigenvalue weighted by molar-refractivity contribution is 6.00. The van der Waals surface area contributed by atoms with E-state index in [4.69, 9.17) is 0 Å². The van der Waals surface area contributed by atoms with Crippen molar-refractivity contribution in [3.05, 3.63) is 60.6 Å². The Hall–Kier alpha value is -3.49. The second-order valence-electron chi connectivity index (χ2n) is 6.45. The minimum absolute atomic E-state index is 0.0327. The Morgan fingerprint density at radius 2 is 1.96 bits per heavy atom. The fourth-order valence-electron chi connectivity index (χ4n) is 2.83. The van der Waals surface area contributed by atoms with E-state index in [-0.39, 0.29) is 11.7 Å². The van der Waals surface area contributed by atoms with Gasteiger partial charge in [0.15, 0.2) is 0 Å². The van der Waals surface area contributed by atoms with Gasteiger partial charge in [-0.2, -0.15) is 0 Å². The molecule has 0 aliphatic rings. The smallest absolute Gasteiger partial charge is 0.291 e. The molecule has 1 N–H and O–H groups in total. The first-order chi connectivity index (χ1) is 13.5. The summed E-state index contributed by atoms with van der Waals surface area (Å²) in [6.07, 6.45) is 5.16. The molecule has 9 heteroatoms. The van der Waals surface area contributed by atoms with Gasteiger partial charge in [-0.1, -0.05) is 37.3 Å². The average Bonchev–Trinajstić information content (AvgIpc) is 3.34. The number of carbonyl (C=O) groups excluding carboxylic acids is 2. The number of hydrogen-bond acceptors (Lipinski definition) is 5. The van der Waals surface area contributed by atoms with Crippen LogP contribution in [0.3, 0.4) is 0 Å². The fourth-order valence-corrected chi connectivity index (χ4v) is 2.83. The Kier molecular flexibility index (Phi) is 5.83. The van der Waals surface area contributed by atoms with Crippen LogP contribution in [-0.4, -0.2) is 49.2 Å². The first-order valence-corrected chi connectivity index (χ1v) is 8.97. The highest BCUT2D eigenvalue weighted by Gasteiger charge is 2.26. The van der Waals surface area contributed by atoms with Gasteiger partial charge in [0.05, 0.1) is 19.1 Å². The molecule has 3 rings (SSSR count).